The highest BCUT2D eigenvalue weighted by atomic mass is 79.9. The van der Waals surface area contributed by atoms with Crippen molar-refractivity contribution < 1.29 is 8.42 Å². The lowest BCUT2D eigenvalue weighted by atomic mass is 9.87. The van der Waals surface area contributed by atoms with Crippen LogP contribution in [0.1, 0.15) is 26.3 Å². The van der Waals surface area contributed by atoms with Gasteiger partial charge in [-0.2, -0.15) is 0 Å². The van der Waals surface area contributed by atoms with Gasteiger partial charge in [0.05, 0.1) is 4.90 Å². The molecule has 1 aromatic heterocycles. The van der Waals surface area contributed by atoms with E-state index in [0.717, 1.165) is 10.0 Å². The van der Waals surface area contributed by atoms with Gasteiger partial charge in [-0.1, -0.05) is 48.8 Å². The van der Waals surface area contributed by atoms with Gasteiger partial charge in [-0.15, -0.1) is 0 Å². The Kier molecular flexibility index (Phi) is 4.37. The van der Waals surface area contributed by atoms with Gasteiger partial charge in [0.15, 0.2) is 0 Å². The standard InChI is InChI=1S/C19H18BrNO3S/c1-19(2,3)12-4-7-14(8-5-12)25(23,24)17-11-21-16-9-6-13(20)10-15(16)18(17)22/h4-11H,1-3H3,(H,21,22). The molecule has 3 aromatic rings. The fourth-order valence-electron chi connectivity index (χ4n) is 2.63. The summed E-state index contributed by atoms with van der Waals surface area (Å²) in [5.41, 5.74) is 1.04. The zero-order valence-electron chi connectivity index (χ0n) is 14.1. The van der Waals surface area contributed by atoms with E-state index in [-0.39, 0.29) is 15.2 Å². The Bertz CT molecular complexity index is 1110. The number of aromatic nitrogens is 1. The highest BCUT2D eigenvalue weighted by molar-refractivity contribution is 9.10. The van der Waals surface area contributed by atoms with Crippen LogP contribution in [0.2, 0.25) is 0 Å². The lowest BCUT2D eigenvalue weighted by Crippen LogP contribution is -2.17. The predicted octanol–water partition coefficient (Wildman–Crippen LogP) is 4.42. The number of halogens is 1. The molecule has 0 aliphatic rings. The molecule has 0 aliphatic carbocycles. The van der Waals surface area contributed by atoms with Crippen molar-refractivity contribution >= 4 is 36.7 Å². The fourth-order valence-corrected chi connectivity index (χ4v) is 4.31. The second-order valence-electron chi connectivity index (χ2n) is 6.95. The maximum absolute atomic E-state index is 12.9. The molecule has 0 saturated heterocycles. The van der Waals surface area contributed by atoms with Crippen molar-refractivity contribution in [1.82, 2.24) is 4.98 Å². The highest BCUT2D eigenvalue weighted by Gasteiger charge is 2.23. The first kappa shape index (κ1) is 17.9. The summed E-state index contributed by atoms with van der Waals surface area (Å²) in [6.45, 7) is 6.17. The second-order valence-corrected chi connectivity index (χ2v) is 9.78. The summed E-state index contributed by atoms with van der Waals surface area (Å²) in [7, 11) is -3.90. The molecule has 0 fully saturated rings. The minimum absolute atomic E-state index is 0.0744. The van der Waals surface area contributed by atoms with Crippen molar-refractivity contribution in [3.05, 3.63) is 68.9 Å². The molecule has 3 rings (SSSR count). The van der Waals surface area contributed by atoms with E-state index >= 15 is 0 Å². The number of rotatable bonds is 2. The summed E-state index contributed by atoms with van der Waals surface area (Å²) in [6.07, 6.45) is 1.27. The lowest BCUT2D eigenvalue weighted by molar-refractivity contribution is 0.586. The number of nitrogens with one attached hydrogen (secondary N) is 1. The molecule has 6 heteroatoms. The van der Waals surface area contributed by atoms with Crippen molar-refractivity contribution in [3.8, 4) is 0 Å². The molecular formula is C19H18BrNO3S. The van der Waals surface area contributed by atoms with Gasteiger partial charge in [0, 0.05) is 21.6 Å². The minimum atomic E-state index is -3.90. The first-order valence-corrected chi connectivity index (χ1v) is 10.0. The molecule has 0 spiro atoms. The number of fused-ring (bicyclic) bond motifs is 1. The summed E-state index contributed by atoms with van der Waals surface area (Å²) < 4.78 is 26.5. The number of hydrogen-bond acceptors (Lipinski definition) is 3. The van der Waals surface area contributed by atoms with E-state index in [1.807, 2.05) is 0 Å². The van der Waals surface area contributed by atoms with E-state index in [1.54, 1.807) is 42.5 Å². The van der Waals surface area contributed by atoms with Crippen LogP contribution in [0.5, 0.6) is 0 Å². The number of benzene rings is 2. The van der Waals surface area contributed by atoms with Crippen LogP contribution in [0.4, 0.5) is 0 Å². The normalized spacial score (nSPS) is 12.5. The predicted molar refractivity (Wildman–Crippen MR) is 103 cm³/mol. The molecule has 0 amide bonds. The Morgan fingerprint density at radius 2 is 1.64 bits per heavy atom. The molecular weight excluding hydrogens is 402 g/mol. The maximum Gasteiger partial charge on any atom is 0.211 e. The molecule has 1 N–H and O–H groups in total. The molecule has 0 atom stereocenters. The van der Waals surface area contributed by atoms with Gasteiger partial charge in [-0.25, -0.2) is 8.42 Å². The maximum atomic E-state index is 12.9. The Hall–Kier alpha value is -1.92. The topological polar surface area (TPSA) is 67.0 Å². The van der Waals surface area contributed by atoms with Crippen molar-refractivity contribution in [2.75, 3.05) is 0 Å². The van der Waals surface area contributed by atoms with E-state index in [2.05, 4.69) is 41.7 Å². The summed E-state index contributed by atoms with van der Waals surface area (Å²) >= 11 is 3.31. The Morgan fingerprint density at radius 3 is 2.24 bits per heavy atom. The SMILES string of the molecule is CC(C)(C)c1ccc(S(=O)(=O)c2c[nH]c3ccc(Br)cc3c2=O)cc1. The monoisotopic (exact) mass is 419 g/mol. The van der Waals surface area contributed by atoms with Crippen LogP contribution in [0, 0.1) is 0 Å². The fraction of sp³-hybridized carbons (Fsp3) is 0.211. The molecule has 1 heterocycles. The van der Waals surface area contributed by atoms with Gasteiger partial charge in [-0.3, -0.25) is 4.79 Å². The summed E-state index contributed by atoms with van der Waals surface area (Å²) in [5.74, 6) is 0. The quantitative estimate of drug-likeness (QED) is 0.668. The Balaban J connectivity index is 2.16. The van der Waals surface area contributed by atoms with Gasteiger partial charge in [0.25, 0.3) is 0 Å². The zero-order chi connectivity index (χ0) is 18.4. The number of H-pyrrole nitrogens is 1. The van der Waals surface area contributed by atoms with Gasteiger partial charge in [-0.05, 0) is 41.3 Å². The molecule has 0 unspecified atom stereocenters. The average molecular weight is 420 g/mol. The zero-order valence-corrected chi connectivity index (χ0v) is 16.5. The number of aromatic amines is 1. The van der Waals surface area contributed by atoms with Gasteiger partial charge in [0.1, 0.15) is 4.90 Å². The van der Waals surface area contributed by atoms with Gasteiger partial charge in [0.2, 0.25) is 15.3 Å². The number of sulfone groups is 1. The van der Waals surface area contributed by atoms with Gasteiger partial charge >= 0.3 is 0 Å². The number of pyridine rings is 1. The average Bonchev–Trinajstić information content (AvgIpc) is 2.55. The van der Waals surface area contributed by atoms with Crippen LogP contribution in [0.25, 0.3) is 10.9 Å². The van der Waals surface area contributed by atoms with Crippen LogP contribution < -0.4 is 5.43 Å². The van der Waals surface area contributed by atoms with E-state index in [9.17, 15) is 13.2 Å². The first-order chi connectivity index (χ1) is 11.6. The molecule has 2 aromatic carbocycles. The second kappa shape index (κ2) is 6.11. The third-order valence-electron chi connectivity index (χ3n) is 4.13. The van der Waals surface area contributed by atoms with Crippen molar-refractivity contribution in [3.63, 3.8) is 0 Å². The van der Waals surface area contributed by atoms with E-state index in [0.29, 0.717) is 10.9 Å². The molecule has 0 radical (unpaired) electrons. The van der Waals surface area contributed by atoms with Gasteiger partial charge < -0.3 is 4.98 Å². The van der Waals surface area contributed by atoms with Crippen LogP contribution in [-0.2, 0) is 15.3 Å². The van der Waals surface area contributed by atoms with E-state index < -0.39 is 15.3 Å². The summed E-state index contributed by atoms with van der Waals surface area (Å²) in [4.78, 5) is 15.5. The number of hydrogen-bond donors (Lipinski definition) is 1. The third-order valence-corrected chi connectivity index (χ3v) is 6.40. The van der Waals surface area contributed by atoms with E-state index in [1.165, 1.54) is 6.20 Å². The highest BCUT2D eigenvalue weighted by Crippen LogP contribution is 2.26. The summed E-state index contributed by atoms with van der Waals surface area (Å²) in [5, 5.41) is 0.335. The van der Waals surface area contributed by atoms with Crippen molar-refractivity contribution in [1.29, 1.82) is 0 Å². The lowest BCUT2D eigenvalue weighted by Gasteiger charge is -2.19. The van der Waals surface area contributed by atoms with E-state index in [4.69, 9.17) is 0 Å². The van der Waals surface area contributed by atoms with Crippen LogP contribution in [0.3, 0.4) is 0 Å². The third kappa shape index (κ3) is 3.28. The Morgan fingerprint density at radius 1 is 1.00 bits per heavy atom. The molecule has 130 valence electrons. The van der Waals surface area contributed by atoms with Crippen LogP contribution >= 0.6 is 15.9 Å². The molecule has 0 saturated carbocycles. The minimum Gasteiger partial charge on any atom is -0.360 e. The smallest absolute Gasteiger partial charge is 0.211 e. The van der Waals surface area contributed by atoms with Crippen molar-refractivity contribution in [2.24, 2.45) is 0 Å². The molecule has 4 nitrogen and oxygen atoms in total. The largest absolute Gasteiger partial charge is 0.360 e. The molecule has 0 bridgehead atoms. The van der Waals surface area contributed by atoms with Crippen molar-refractivity contribution in [2.45, 2.75) is 36.0 Å². The molecule has 25 heavy (non-hydrogen) atoms. The van der Waals surface area contributed by atoms with Crippen LogP contribution in [0.15, 0.2) is 67.7 Å². The van der Waals surface area contributed by atoms with Crippen LogP contribution in [-0.4, -0.2) is 13.4 Å². The molecule has 0 aliphatic heterocycles. The Labute approximate surface area is 155 Å². The summed E-state index contributed by atoms with van der Waals surface area (Å²) in [6, 6.07) is 11.8. The first-order valence-electron chi connectivity index (χ1n) is 7.77.